The molecule has 194 valence electrons. The average molecular weight is 517 g/mol. The molecule has 3 aromatic carbocycles. The van der Waals surface area contributed by atoms with E-state index in [0.717, 1.165) is 18.4 Å². The minimum absolute atomic E-state index is 0.0850. The number of amides is 3. The number of hydrogen-bond acceptors (Lipinski definition) is 6. The molecule has 9 nitrogen and oxygen atoms in total. The lowest BCUT2D eigenvalue weighted by atomic mass is 10.1. The Morgan fingerprint density at radius 1 is 1.08 bits per heavy atom. The van der Waals surface area contributed by atoms with Crippen LogP contribution in [0.5, 0.6) is 17.2 Å². The van der Waals surface area contributed by atoms with Crippen LogP contribution in [0.3, 0.4) is 0 Å². The highest BCUT2D eigenvalue weighted by Crippen LogP contribution is 2.38. The predicted octanol–water partition coefficient (Wildman–Crippen LogP) is 5.97. The molecule has 1 heterocycles. The number of halogens is 1. The standard InChI is InChI=1S/C28H25FN4O5/c1-36-26-15-22-20(14-23(26)32-28(35)37-16-17-5-3-2-4-6-17)25(11-12-31-22)38-19-9-10-24(21(29)13-19)33(27(30)34)18-7-8-18/h2-6,9-15,18H,7-8,16H2,1H3,(H2,30,34)(H,32,35). The lowest BCUT2D eigenvalue weighted by molar-refractivity contribution is 0.155. The Bertz CT molecular complexity index is 1490. The highest BCUT2D eigenvalue weighted by Gasteiger charge is 2.34. The summed E-state index contributed by atoms with van der Waals surface area (Å²) in [4.78, 5) is 29.9. The Hall–Kier alpha value is -4.86. The average Bonchev–Trinajstić information content (AvgIpc) is 3.74. The maximum atomic E-state index is 14.9. The van der Waals surface area contributed by atoms with Crippen LogP contribution in [0, 0.1) is 5.82 Å². The molecule has 0 bridgehead atoms. The maximum absolute atomic E-state index is 14.9. The van der Waals surface area contributed by atoms with Gasteiger partial charge in [-0.15, -0.1) is 0 Å². The molecule has 1 saturated carbocycles. The first-order valence-corrected chi connectivity index (χ1v) is 11.9. The zero-order valence-corrected chi connectivity index (χ0v) is 20.5. The number of fused-ring (bicyclic) bond motifs is 1. The fraction of sp³-hybridized carbons (Fsp3) is 0.179. The maximum Gasteiger partial charge on any atom is 0.412 e. The number of methoxy groups -OCH3 is 1. The molecule has 10 heteroatoms. The zero-order valence-electron chi connectivity index (χ0n) is 20.5. The van der Waals surface area contributed by atoms with Gasteiger partial charge in [0, 0.05) is 29.8 Å². The molecule has 38 heavy (non-hydrogen) atoms. The first kappa shape index (κ1) is 24.8. The number of nitrogens with two attached hydrogens (primary N) is 1. The van der Waals surface area contributed by atoms with Gasteiger partial charge in [-0.1, -0.05) is 30.3 Å². The molecule has 0 aliphatic heterocycles. The fourth-order valence-corrected chi connectivity index (χ4v) is 4.07. The van der Waals surface area contributed by atoms with Gasteiger partial charge in [0.2, 0.25) is 0 Å². The number of pyridine rings is 1. The van der Waals surface area contributed by atoms with Gasteiger partial charge in [-0.05, 0) is 42.7 Å². The molecule has 0 atom stereocenters. The largest absolute Gasteiger partial charge is 0.494 e. The Morgan fingerprint density at radius 2 is 1.87 bits per heavy atom. The normalized spacial score (nSPS) is 12.6. The molecular formula is C28H25FN4O5. The van der Waals surface area contributed by atoms with Gasteiger partial charge in [-0.3, -0.25) is 15.2 Å². The van der Waals surface area contributed by atoms with Gasteiger partial charge >= 0.3 is 12.1 Å². The van der Waals surface area contributed by atoms with Gasteiger partial charge in [0.1, 0.15) is 23.9 Å². The molecule has 0 unspecified atom stereocenters. The second-order valence-electron chi connectivity index (χ2n) is 8.72. The molecule has 1 aliphatic carbocycles. The monoisotopic (exact) mass is 516 g/mol. The van der Waals surface area contributed by atoms with E-state index in [1.165, 1.54) is 24.1 Å². The van der Waals surface area contributed by atoms with E-state index >= 15 is 0 Å². The van der Waals surface area contributed by atoms with Crippen molar-refractivity contribution in [2.24, 2.45) is 5.73 Å². The van der Waals surface area contributed by atoms with Crippen LogP contribution < -0.4 is 25.4 Å². The number of anilines is 2. The van der Waals surface area contributed by atoms with Crippen molar-refractivity contribution in [2.75, 3.05) is 17.3 Å². The van der Waals surface area contributed by atoms with Crippen LogP contribution in [0.1, 0.15) is 18.4 Å². The summed E-state index contributed by atoms with van der Waals surface area (Å²) in [7, 11) is 1.48. The minimum Gasteiger partial charge on any atom is -0.494 e. The number of nitrogens with one attached hydrogen (secondary N) is 1. The molecule has 4 aromatic rings. The molecule has 3 N–H and O–H groups in total. The van der Waals surface area contributed by atoms with Crippen LogP contribution >= 0.6 is 0 Å². The number of nitrogens with zero attached hydrogens (tertiary/aromatic N) is 2. The summed E-state index contributed by atoms with van der Waals surface area (Å²) in [5.74, 6) is 0.337. The van der Waals surface area contributed by atoms with Crippen LogP contribution in [-0.2, 0) is 11.3 Å². The Balaban J connectivity index is 1.38. The van der Waals surface area contributed by atoms with Crippen LogP contribution in [0.4, 0.5) is 25.4 Å². The number of ether oxygens (including phenoxy) is 3. The van der Waals surface area contributed by atoms with Gasteiger partial charge in [-0.25, -0.2) is 14.0 Å². The summed E-state index contributed by atoms with van der Waals surface area (Å²) in [5.41, 5.74) is 7.30. The van der Waals surface area contributed by atoms with Crippen LogP contribution in [0.15, 0.2) is 72.9 Å². The SMILES string of the molecule is COc1cc2nccc(Oc3ccc(N(C(N)=O)C4CC4)c(F)c3)c2cc1NC(=O)OCc1ccccc1. The number of benzene rings is 3. The Kier molecular flexibility index (Phi) is 6.94. The molecular weight excluding hydrogens is 491 g/mol. The lowest BCUT2D eigenvalue weighted by Crippen LogP contribution is -2.38. The summed E-state index contributed by atoms with van der Waals surface area (Å²) < 4.78 is 31.7. The molecule has 0 saturated heterocycles. The van der Waals surface area contributed by atoms with Crippen molar-refractivity contribution in [3.63, 3.8) is 0 Å². The van der Waals surface area contributed by atoms with Crippen LogP contribution in [0.25, 0.3) is 10.9 Å². The summed E-state index contributed by atoms with van der Waals surface area (Å²) in [6.07, 6.45) is 2.45. The number of carbonyl (C=O) groups is 2. The van der Waals surface area contributed by atoms with Crippen molar-refractivity contribution in [1.29, 1.82) is 0 Å². The van der Waals surface area contributed by atoms with E-state index in [1.54, 1.807) is 30.5 Å². The van der Waals surface area contributed by atoms with E-state index in [1.807, 2.05) is 30.3 Å². The molecule has 1 aromatic heterocycles. The van der Waals surface area contributed by atoms with Crippen molar-refractivity contribution in [2.45, 2.75) is 25.5 Å². The first-order valence-electron chi connectivity index (χ1n) is 11.9. The Morgan fingerprint density at radius 3 is 2.55 bits per heavy atom. The smallest absolute Gasteiger partial charge is 0.412 e. The van der Waals surface area contributed by atoms with Crippen LogP contribution in [0.2, 0.25) is 0 Å². The molecule has 3 amide bonds. The zero-order chi connectivity index (χ0) is 26.6. The summed E-state index contributed by atoms with van der Waals surface area (Å²) in [6.45, 7) is 0.105. The summed E-state index contributed by atoms with van der Waals surface area (Å²) in [6, 6.07) is 17.7. The van der Waals surface area contributed by atoms with Gasteiger partial charge in [0.15, 0.2) is 5.82 Å². The quantitative estimate of drug-likeness (QED) is 0.298. The van der Waals surface area contributed by atoms with Crippen molar-refractivity contribution in [3.8, 4) is 17.2 Å². The third kappa shape index (κ3) is 5.44. The van der Waals surface area contributed by atoms with Gasteiger partial charge in [0.25, 0.3) is 0 Å². The lowest BCUT2D eigenvalue weighted by Gasteiger charge is -2.21. The van der Waals surface area contributed by atoms with E-state index < -0.39 is 17.9 Å². The van der Waals surface area contributed by atoms with E-state index in [2.05, 4.69) is 10.3 Å². The van der Waals surface area contributed by atoms with Gasteiger partial charge in [-0.2, -0.15) is 0 Å². The first-order chi connectivity index (χ1) is 18.4. The Labute approximate surface area is 217 Å². The molecule has 5 rings (SSSR count). The molecule has 0 radical (unpaired) electrons. The second kappa shape index (κ2) is 10.6. The molecule has 0 spiro atoms. The predicted molar refractivity (Wildman–Crippen MR) is 140 cm³/mol. The van der Waals surface area contributed by atoms with E-state index in [9.17, 15) is 14.0 Å². The number of primary amides is 1. The van der Waals surface area contributed by atoms with Crippen molar-refractivity contribution >= 4 is 34.4 Å². The third-order valence-corrected chi connectivity index (χ3v) is 6.03. The van der Waals surface area contributed by atoms with Crippen molar-refractivity contribution in [1.82, 2.24) is 4.98 Å². The van der Waals surface area contributed by atoms with E-state index in [0.29, 0.717) is 28.1 Å². The van der Waals surface area contributed by atoms with Gasteiger partial charge in [0.05, 0.1) is 24.0 Å². The van der Waals surface area contributed by atoms with E-state index in [4.69, 9.17) is 19.9 Å². The summed E-state index contributed by atoms with van der Waals surface area (Å²) in [5, 5.41) is 3.24. The number of urea groups is 1. The second-order valence-corrected chi connectivity index (χ2v) is 8.72. The van der Waals surface area contributed by atoms with Crippen LogP contribution in [-0.4, -0.2) is 30.3 Å². The summed E-state index contributed by atoms with van der Waals surface area (Å²) >= 11 is 0. The minimum atomic E-state index is -0.698. The van der Waals surface area contributed by atoms with Crippen molar-refractivity contribution in [3.05, 3.63) is 84.3 Å². The molecule has 1 fully saturated rings. The third-order valence-electron chi connectivity index (χ3n) is 6.03. The number of rotatable bonds is 8. The van der Waals surface area contributed by atoms with Gasteiger partial charge < -0.3 is 19.9 Å². The number of carbonyl (C=O) groups excluding carboxylic acids is 2. The van der Waals surface area contributed by atoms with Crippen molar-refractivity contribution < 1.29 is 28.2 Å². The fourth-order valence-electron chi connectivity index (χ4n) is 4.07. The highest BCUT2D eigenvalue weighted by molar-refractivity contribution is 5.95. The number of aromatic nitrogens is 1. The highest BCUT2D eigenvalue weighted by atomic mass is 19.1. The topological polar surface area (TPSA) is 116 Å². The molecule has 1 aliphatic rings. The van der Waals surface area contributed by atoms with E-state index in [-0.39, 0.29) is 24.1 Å². The number of hydrogen-bond donors (Lipinski definition) is 2.